The van der Waals surface area contributed by atoms with Gasteiger partial charge in [-0.3, -0.25) is 0 Å². The fourth-order valence-electron chi connectivity index (χ4n) is 1.64. The molecular weight excluding hydrogens is 259 g/mol. The van der Waals surface area contributed by atoms with Gasteiger partial charge in [0.1, 0.15) is 0 Å². The van der Waals surface area contributed by atoms with Crippen LogP contribution in [0.4, 0.5) is 0 Å². The summed E-state index contributed by atoms with van der Waals surface area (Å²) < 4.78 is 0. The maximum atomic E-state index is 5.94. The SMILES string of the molecule is CCCC(CBr)Cc1cccc(Cl)c1. The lowest BCUT2D eigenvalue weighted by atomic mass is 9.97. The first-order valence-corrected chi connectivity index (χ1v) is 6.56. The Morgan fingerprint density at radius 2 is 2.21 bits per heavy atom. The van der Waals surface area contributed by atoms with E-state index < -0.39 is 0 Å². The van der Waals surface area contributed by atoms with Gasteiger partial charge in [-0.05, 0) is 36.5 Å². The van der Waals surface area contributed by atoms with Gasteiger partial charge in [0.2, 0.25) is 0 Å². The molecule has 2 heteroatoms. The molecule has 1 aromatic carbocycles. The maximum absolute atomic E-state index is 5.94. The van der Waals surface area contributed by atoms with E-state index in [-0.39, 0.29) is 0 Å². The molecule has 1 rings (SSSR count). The van der Waals surface area contributed by atoms with Gasteiger partial charge in [0, 0.05) is 10.4 Å². The van der Waals surface area contributed by atoms with Crippen molar-refractivity contribution in [2.24, 2.45) is 5.92 Å². The zero-order valence-electron chi connectivity index (χ0n) is 8.47. The molecule has 0 aliphatic heterocycles. The molecule has 0 aromatic heterocycles. The Bertz CT molecular complexity index is 273. The van der Waals surface area contributed by atoms with E-state index in [9.17, 15) is 0 Å². The van der Waals surface area contributed by atoms with Crippen LogP contribution in [0, 0.1) is 5.92 Å². The van der Waals surface area contributed by atoms with Gasteiger partial charge >= 0.3 is 0 Å². The zero-order valence-corrected chi connectivity index (χ0v) is 10.8. The molecule has 0 radical (unpaired) electrons. The summed E-state index contributed by atoms with van der Waals surface area (Å²) in [6.07, 6.45) is 3.65. The first kappa shape index (κ1) is 12.1. The van der Waals surface area contributed by atoms with E-state index in [0.29, 0.717) is 0 Å². The van der Waals surface area contributed by atoms with Gasteiger partial charge in [0.15, 0.2) is 0 Å². The van der Waals surface area contributed by atoms with Crippen LogP contribution < -0.4 is 0 Å². The van der Waals surface area contributed by atoms with Crippen molar-refractivity contribution in [2.75, 3.05) is 5.33 Å². The maximum Gasteiger partial charge on any atom is 0.0408 e. The van der Waals surface area contributed by atoms with Crippen LogP contribution in [0.15, 0.2) is 24.3 Å². The van der Waals surface area contributed by atoms with Crippen LogP contribution in [0.1, 0.15) is 25.3 Å². The summed E-state index contributed by atoms with van der Waals surface area (Å²) in [7, 11) is 0. The van der Waals surface area contributed by atoms with Crippen LogP contribution in [0.2, 0.25) is 5.02 Å². The van der Waals surface area contributed by atoms with Gasteiger partial charge in [0.05, 0.1) is 0 Å². The molecule has 0 aliphatic carbocycles. The first-order valence-electron chi connectivity index (χ1n) is 5.06. The Morgan fingerprint density at radius 1 is 1.43 bits per heavy atom. The van der Waals surface area contributed by atoms with Crippen LogP contribution in [-0.4, -0.2) is 5.33 Å². The zero-order chi connectivity index (χ0) is 10.4. The Labute approximate surface area is 99.8 Å². The summed E-state index contributed by atoms with van der Waals surface area (Å²) in [5, 5.41) is 1.92. The van der Waals surface area contributed by atoms with Crippen LogP contribution in [-0.2, 0) is 6.42 Å². The number of alkyl halides is 1. The van der Waals surface area contributed by atoms with Gasteiger partial charge in [-0.15, -0.1) is 0 Å². The van der Waals surface area contributed by atoms with Crippen LogP contribution in [0.3, 0.4) is 0 Å². The van der Waals surface area contributed by atoms with Gasteiger partial charge in [-0.1, -0.05) is 53.0 Å². The molecule has 0 fully saturated rings. The molecule has 0 saturated carbocycles. The number of halogens is 2. The lowest BCUT2D eigenvalue weighted by Crippen LogP contribution is -2.05. The minimum absolute atomic E-state index is 0.735. The molecule has 1 aromatic rings. The summed E-state index contributed by atoms with van der Waals surface area (Å²) in [6.45, 7) is 2.23. The van der Waals surface area contributed by atoms with Crippen LogP contribution >= 0.6 is 27.5 Å². The summed E-state index contributed by atoms with van der Waals surface area (Å²) in [4.78, 5) is 0. The van der Waals surface area contributed by atoms with Gasteiger partial charge in [-0.2, -0.15) is 0 Å². The van der Waals surface area contributed by atoms with Crippen molar-refractivity contribution in [1.29, 1.82) is 0 Å². The molecule has 78 valence electrons. The Balaban J connectivity index is 2.57. The minimum Gasteiger partial charge on any atom is -0.0925 e. The highest BCUT2D eigenvalue weighted by atomic mass is 79.9. The average Bonchev–Trinajstić information content (AvgIpc) is 2.17. The Hall–Kier alpha value is -0.0100. The smallest absolute Gasteiger partial charge is 0.0408 e. The predicted molar refractivity (Wildman–Crippen MR) is 67.3 cm³/mol. The van der Waals surface area contributed by atoms with E-state index in [1.807, 2.05) is 12.1 Å². The highest BCUT2D eigenvalue weighted by molar-refractivity contribution is 9.09. The molecule has 1 atom stereocenters. The van der Waals surface area contributed by atoms with E-state index in [1.54, 1.807) is 0 Å². The van der Waals surface area contributed by atoms with Crippen LogP contribution in [0.5, 0.6) is 0 Å². The van der Waals surface area contributed by atoms with Crippen molar-refractivity contribution in [1.82, 2.24) is 0 Å². The lowest BCUT2D eigenvalue weighted by Gasteiger charge is -2.12. The molecule has 0 saturated heterocycles. The summed E-state index contributed by atoms with van der Waals surface area (Å²) in [5.41, 5.74) is 1.34. The normalized spacial score (nSPS) is 12.8. The second kappa shape index (κ2) is 6.47. The van der Waals surface area contributed by atoms with E-state index in [1.165, 1.54) is 18.4 Å². The van der Waals surface area contributed by atoms with E-state index >= 15 is 0 Å². The van der Waals surface area contributed by atoms with Gasteiger partial charge < -0.3 is 0 Å². The summed E-state index contributed by atoms with van der Waals surface area (Å²) >= 11 is 9.50. The van der Waals surface area contributed by atoms with Crippen molar-refractivity contribution in [3.63, 3.8) is 0 Å². The third-order valence-corrected chi connectivity index (χ3v) is 3.48. The monoisotopic (exact) mass is 274 g/mol. The molecule has 0 aliphatic rings. The molecule has 14 heavy (non-hydrogen) atoms. The van der Waals surface area contributed by atoms with Gasteiger partial charge in [-0.25, -0.2) is 0 Å². The standard InChI is InChI=1S/C12H16BrCl/c1-2-4-11(9-13)7-10-5-3-6-12(14)8-10/h3,5-6,8,11H,2,4,7,9H2,1H3. The molecule has 1 unspecified atom stereocenters. The van der Waals surface area contributed by atoms with E-state index in [4.69, 9.17) is 11.6 Å². The fourth-order valence-corrected chi connectivity index (χ4v) is 2.40. The number of hydrogen-bond acceptors (Lipinski definition) is 0. The quantitative estimate of drug-likeness (QED) is 0.684. The van der Waals surface area contributed by atoms with Crippen molar-refractivity contribution in [3.8, 4) is 0 Å². The largest absolute Gasteiger partial charge is 0.0925 e. The second-order valence-electron chi connectivity index (χ2n) is 3.64. The van der Waals surface area contributed by atoms with Crippen molar-refractivity contribution in [3.05, 3.63) is 34.9 Å². The molecule has 0 N–H and O–H groups in total. The van der Waals surface area contributed by atoms with Crippen molar-refractivity contribution in [2.45, 2.75) is 26.2 Å². The van der Waals surface area contributed by atoms with Gasteiger partial charge in [0.25, 0.3) is 0 Å². The van der Waals surface area contributed by atoms with E-state index in [0.717, 1.165) is 22.7 Å². The minimum atomic E-state index is 0.735. The number of hydrogen-bond donors (Lipinski definition) is 0. The molecular formula is C12H16BrCl. The Kier molecular flexibility index (Phi) is 5.57. The fraction of sp³-hybridized carbons (Fsp3) is 0.500. The molecule has 0 amide bonds. The molecule has 0 spiro atoms. The number of rotatable bonds is 5. The van der Waals surface area contributed by atoms with Crippen molar-refractivity contribution < 1.29 is 0 Å². The van der Waals surface area contributed by atoms with E-state index in [2.05, 4.69) is 35.0 Å². The lowest BCUT2D eigenvalue weighted by molar-refractivity contribution is 0.534. The average molecular weight is 276 g/mol. The topological polar surface area (TPSA) is 0 Å². The van der Waals surface area contributed by atoms with Crippen LogP contribution in [0.25, 0.3) is 0 Å². The highest BCUT2D eigenvalue weighted by Crippen LogP contribution is 2.18. The molecule has 0 heterocycles. The Morgan fingerprint density at radius 3 is 2.79 bits per heavy atom. The first-order chi connectivity index (χ1) is 6.76. The summed E-state index contributed by atoms with van der Waals surface area (Å²) in [6, 6.07) is 8.16. The molecule has 0 nitrogen and oxygen atoms in total. The third kappa shape index (κ3) is 4.02. The van der Waals surface area contributed by atoms with Crippen molar-refractivity contribution >= 4 is 27.5 Å². The summed E-state index contributed by atoms with van der Waals surface area (Å²) in [5.74, 6) is 0.735. The second-order valence-corrected chi connectivity index (χ2v) is 4.73. The highest BCUT2D eigenvalue weighted by Gasteiger charge is 2.07. The predicted octanol–water partition coefficient (Wildman–Crippen LogP) is 4.69. The third-order valence-electron chi connectivity index (χ3n) is 2.33. The number of benzene rings is 1. The molecule has 0 bridgehead atoms.